The fraction of sp³-hybridized carbons (Fsp3) is 0.500. The van der Waals surface area contributed by atoms with Gasteiger partial charge in [-0.1, -0.05) is 42.8 Å². The van der Waals surface area contributed by atoms with E-state index >= 15 is 0 Å². The summed E-state index contributed by atoms with van der Waals surface area (Å²) < 4.78 is 42.7. The smallest absolute Gasteiger partial charge is 0.264 e. The molecule has 1 aromatic heterocycles. The predicted molar refractivity (Wildman–Crippen MR) is 198 cm³/mol. The Bertz CT molecular complexity index is 1920. The summed E-state index contributed by atoms with van der Waals surface area (Å²) >= 11 is 6.48. The van der Waals surface area contributed by atoms with E-state index in [0.717, 1.165) is 60.6 Å². The van der Waals surface area contributed by atoms with Crippen LogP contribution in [0, 0.1) is 24.7 Å². The Morgan fingerprint density at radius 2 is 1.98 bits per heavy atom. The first kappa shape index (κ1) is 35.0. The summed E-state index contributed by atoms with van der Waals surface area (Å²) in [6.45, 7) is 7.61. The number of nitrogens with one attached hydrogen (secondary N) is 1. The van der Waals surface area contributed by atoms with E-state index in [0.29, 0.717) is 43.2 Å². The van der Waals surface area contributed by atoms with Crippen molar-refractivity contribution >= 4 is 33.2 Å². The molecule has 2 aliphatic heterocycles. The number of methoxy groups -OCH3 is 1. The number of amides is 1. The minimum atomic E-state index is -3.96. The molecule has 1 spiro atoms. The molecule has 0 radical (unpaired) electrons. The van der Waals surface area contributed by atoms with Gasteiger partial charge in [-0.2, -0.15) is 0 Å². The monoisotopic (exact) mass is 717 g/mol. The molecule has 1 N–H and O–H groups in total. The second kappa shape index (κ2) is 13.6. The third-order valence-corrected chi connectivity index (χ3v) is 14.3. The molecule has 1 amide bonds. The Kier molecular flexibility index (Phi) is 9.54. The summed E-state index contributed by atoms with van der Waals surface area (Å²) in [5.74, 6) is 0.317. The number of sulfonamides is 1. The molecule has 1 fully saturated rings. The van der Waals surface area contributed by atoms with Crippen LogP contribution >= 0.6 is 11.6 Å². The highest BCUT2D eigenvalue weighted by molar-refractivity contribution is 7.90. The van der Waals surface area contributed by atoms with Crippen molar-refractivity contribution in [1.29, 1.82) is 0 Å². The Morgan fingerprint density at radius 3 is 2.74 bits per heavy atom. The fourth-order valence-corrected chi connectivity index (χ4v) is 10.3. The number of hydrogen-bond donors (Lipinski definition) is 1. The van der Waals surface area contributed by atoms with E-state index < -0.39 is 26.8 Å². The quantitative estimate of drug-likeness (QED) is 0.286. The molecule has 1 saturated carbocycles. The molecule has 8 nitrogen and oxygen atoms in total. The van der Waals surface area contributed by atoms with E-state index in [1.54, 1.807) is 20.1 Å². The fourth-order valence-electron chi connectivity index (χ4n) is 8.80. The number of aryl methyl sites for hydroxylation is 2. The van der Waals surface area contributed by atoms with Gasteiger partial charge in [0.05, 0.1) is 23.1 Å². The lowest BCUT2D eigenvalue weighted by Gasteiger charge is -2.50. The topological polar surface area (TPSA) is 97.8 Å². The van der Waals surface area contributed by atoms with Crippen molar-refractivity contribution in [3.63, 3.8) is 0 Å². The molecule has 7 rings (SSSR count). The molecule has 50 heavy (non-hydrogen) atoms. The Hall–Kier alpha value is -3.40. The average Bonchev–Trinajstić information content (AvgIpc) is 3.23. The van der Waals surface area contributed by atoms with Gasteiger partial charge >= 0.3 is 0 Å². The Labute approximate surface area is 301 Å². The number of halogens is 1. The highest BCUT2D eigenvalue weighted by atomic mass is 35.5. The number of rotatable bonds is 3. The minimum Gasteiger partial charge on any atom is -0.490 e. The van der Waals surface area contributed by atoms with Crippen LogP contribution in [0.5, 0.6) is 5.75 Å². The van der Waals surface area contributed by atoms with E-state index in [9.17, 15) is 13.2 Å². The van der Waals surface area contributed by atoms with Crippen LogP contribution in [0.25, 0.3) is 0 Å². The Morgan fingerprint density at radius 1 is 1.14 bits per heavy atom. The summed E-state index contributed by atoms with van der Waals surface area (Å²) in [7, 11) is -2.17. The number of aromatic nitrogens is 1. The molecule has 2 bridgehead atoms. The minimum absolute atomic E-state index is 0.196. The largest absolute Gasteiger partial charge is 0.490 e. The van der Waals surface area contributed by atoms with Crippen molar-refractivity contribution in [2.24, 2.45) is 17.8 Å². The molecule has 266 valence electrons. The van der Waals surface area contributed by atoms with Gasteiger partial charge in [-0.05, 0) is 123 Å². The van der Waals surface area contributed by atoms with Crippen LogP contribution in [0.2, 0.25) is 5.02 Å². The second-order valence-electron chi connectivity index (χ2n) is 15.1. The van der Waals surface area contributed by atoms with Crippen molar-refractivity contribution in [2.75, 3.05) is 31.7 Å². The average molecular weight is 718 g/mol. The molecule has 6 atom stereocenters. The lowest BCUT2D eigenvalue weighted by molar-refractivity contribution is -0.0751. The molecule has 0 saturated heterocycles. The SMILES string of the molecule is CO[C@@]1(Cc2ncccc2C)/C=C/C[C@H](C)[C@@H](C)S(=O)(=O)NC(=O)c2ccc3c(c2)N(C[C@@H]2CC[C@H]21)C[C@@]1(CCCc2cc(Cl)ccc21)CO3. The van der Waals surface area contributed by atoms with Gasteiger partial charge < -0.3 is 14.4 Å². The maximum absolute atomic E-state index is 13.6. The van der Waals surface area contributed by atoms with E-state index in [4.69, 9.17) is 26.1 Å². The molecule has 3 heterocycles. The molecule has 0 unspecified atom stereocenters. The zero-order valence-electron chi connectivity index (χ0n) is 29.5. The molecule has 4 aliphatic rings. The van der Waals surface area contributed by atoms with Gasteiger partial charge in [0, 0.05) is 54.5 Å². The van der Waals surface area contributed by atoms with Crippen LogP contribution in [0.15, 0.2) is 66.9 Å². The highest BCUT2D eigenvalue weighted by Gasteiger charge is 2.49. The maximum Gasteiger partial charge on any atom is 0.264 e. The zero-order chi connectivity index (χ0) is 35.3. The lowest BCUT2D eigenvalue weighted by atomic mass is 9.62. The standard InChI is InChI=1S/C40H48ClN3O5S/c1-26-8-5-18-40(48-4,22-35-27(2)9-7-19-42-35)34-14-11-31(34)23-44-24-39(17-6-10-29-20-32(41)13-15-33(29)39)25-49-37-16-12-30(21-36(37)44)38(45)43-50(46,47)28(26)3/h5,7,9,12-13,15-16,18-21,26,28,31,34H,6,8,10-11,14,17,22-25H2,1-4H3,(H,43,45)/b18-5+/t26-,28+,31-,34+,39-,40+/m0/s1. The summed E-state index contributed by atoms with van der Waals surface area (Å²) in [6.07, 6.45) is 12.3. The van der Waals surface area contributed by atoms with Crippen LogP contribution in [-0.4, -0.2) is 57.0 Å². The van der Waals surface area contributed by atoms with Gasteiger partial charge in [0.15, 0.2) is 0 Å². The van der Waals surface area contributed by atoms with E-state index in [1.807, 2.05) is 37.4 Å². The van der Waals surface area contributed by atoms with Gasteiger partial charge in [-0.3, -0.25) is 9.78 Å². The summed E-state index contributed by atoms with van der Waals surface area (Å²) in [6, 6.07) is 15.6. The number of pyridine rings is 1. The maximum atomic E-state index is 13.6. The third-order valence-electron chi connectivity index (χ3n) is 12.2. The molecule has 10 heteroatoms. The van der Waals surface area contributed by atoms with Crippen LogP contribution in [0.4, 0.5) is 5.69 Å². The third kappa shape index (κ3) is 6.46. The first-order valence-electron chi connectivity index (χ1n) is 17.9. The summed E-state index contributed by atoms with van der Waals surface area (Å²) in [4.78, 5) is 20.8. The van der Waals surface area contributed by atoms with Crippen molar-refractivity contribution in [3.05, 3.63) is 99.9 Å². The highest BCUT2D eigenvalue weighted by Crippen LogP contribution is 2.50. The summed E-state index contributed by atoms with van der Waals surface area (Å²) in [5.41, 5.74) is 4.84. The number of allylic oxidation sites excluding steroid dienone is 1. The number of anilines is 1. The second-order valence-corrected chi connectivity index (χ2v) is 17.6. The van der Waals surface area contributed by atoms with Gasteiger partial charge in [-0.25, -0.2) is 13.1 Å². The molecular formula is C40H48ClN3O5S. The first-order chi connectivity index (χ1) is 23.9. The number of hydrogen-bond acceptors (Lipinski definition) is 7. The zero-order valence-corrected chi connectivity index (χ0v) is 31.0. The van der Waals surface area contributed by atoms with Crippen molar-refractivity contribution < 1.29 is 22.7 Å². The van der Waals surface area contributed by atoms with Gasteiger partial charge in [0.2, 0.25) is 10.0 Å². The number of fused-ring (bicyclic) bond motifs is 4. The van der Waals surface area contributed by atoms with Crippen molar-refractivity contribution in [3.8, 4) is 5.75 Å². The molecule has 2 aliphatic carbocycles. The predicted octanol–water partition coefficient (Wildman–Crippen LogP) is 7.21. The van der Waals surface area contributed by atoms with Crippen LogP contribution < -0.4 is 14.4 Å². The van der Waals surface area contributed by atoms with Crippen LogP contribution in [0.1, 0.15) is 78.7 Å². The molecule has 3 aromatic rings. The van der Waals surface area contributed by atoms with Gasteiger partial charge in [-0.15, -0.1) is 0 Å². The van der Waals surface area contributed by atoms with Crippen molar-refractivity contribution in [2.45, 2.75) is 82.0 Å². The first-order valence-corrected chi connectivity index (χ1v) is 19.9. The van der Waals surface area contributed by atoms with E-state index in [-0.39, 0.29) is 17.3 Å². The Balaban J connectivity index is 1.34. The molecular weight excluding hydrogens is 670 g/mol. The number of nitrogens with zero attached hydrogens (tertiary/aromatic N) is 2. The number of carbonyl (C=O) groups is 1. The summed E-state index contributed by atoms with van der Waals surface area (Å²) in [5, 5.41) is -0.0572. The number of benzene rings is 2. The van der Waals surface area contributed by atoms with Crippen LogP contribution in [0.3, 0.4) is 0 Å². The van der Waals surface area contributed by atoms with Crippen molar-refractivity contribution in [1.82, 2.24) is 9.71 Å². The van der Waals surface area contributed by atoms with Crippen LogP contribution in [-0.2, 0) is 33.0 Å². The van der Waals surface area contributed by atoms with Gasteiger partial charge in [0.1, 0.15) is 5.75 Å². The normalized spacial score (nSPS) is 31.3. The van der Waals surface area contributed by atoms with Gasteiger partial charge in [0.25, 0.3) is 5.91 Å². The lowest BCUT2D eigenvalue weighted by Crippen LogP contribution is -2.54. The number of carbonyl (C=O) groups excluding carboxylic acids is 1. The number of ether oxygens (including phenoxy) is 2. The molecule has 2 aromatic carbocycles. The van der Waals surface area contributed by atoms with E-state index in [1.165, 1.54) is 11.1 Å². The van der Waals surface area contributed by atoms with E-state index in [2.05, 4.69) is 46.9 Å².